The van der Waals surface area contributed by atoms with Crippen LogP contribution in [0.25, 0.3) is 0 Å². The molecule has 5 heteroatoms. The molecule has 1 aromatic heterocycles. The molecule has 0 N–H and O–H groups in total. The van der Waals surface area contributed by atoms with Crippen LogP contribution in [0.1, 0.15) is 18.9 Å². The molecule has 17 heavy (non-hydrogen) atoms. The van der Waals surface area contributed by atoms with Gasteiger partial charge >= 0.3 is 0 Å². The Morgan fingerprint density at radius 2 is 2.29 bits per heavy atom. The summed E-state index contributed by atoms with van der Waals surface area (Å²) in [6, 6.07) is 0. The Morgan fingerprint density at radius 3 is 3.00 bits per heavy atom. The monoisotopic (exact) mass is 253 g/mol. The lowest BCUT2D eigenvalue weighted by Crippen LogP contribution is -2.36. The van der Waals surface area contributed by atoms with Crippen molar-refractivity contribution in [3.63, 3.8) is 0 Å². The highest BCUT2D eigenvalue weighted by atomic mass is 32.1. The predicted octanol–water partition coefficient (Wildman–Crippen LogP) is 1.24. The van der Waals surface area contributed by atoms with E-state index in [1.807, 2.05) is 10.3 Å². The van der Waals surface area contributed by atoms with E-state index in [0.29, 0.717) is 6.42 Å². The van der Waals surface area contributed by atoms with E-state index in [1.165, 1.54) is 11.5 Å². The quantitative estimate of drug-likeness (QED) is 0.813. The van der Waals surface area contributed by atoms with Crippen molar-refractivity contribution in [2.75, 3.05) is 32.7 Å². The molecule has 0 aromatic carbocycles. The van der Waals surface area contributed by atoms with Crippen molar-refractivity contribution in [1.29, 1.82) is 0 Å². The first-order valence-electron chi connectivity index (χ1n) is 6.18. The van der Waals surface area contributed by atoms with Crippen LogP contribution in [0.2, 0.25) is 0 Å². The molecule has 0 bridgehead atoms. The Hall–Kier alpha value is -0.940. The fourth-order valence-electron chi connectivity index (χ4n) is 2.14. The summed E-state index contributed by atoms with van der Waals surface area (Å²) in [4.78, 5) is 16.5. The molecule has 94 valence electrons. The van der Waals surface area contributed by atoms with Crippen molar-refractivity contribution < 1.29 is 4.79 Å². The summed E-state index contributed by atoms with van der Waals surface area (Å²) < 4.78 is 4.03. The fraction of sp³-hybridized carbons (Fsp3) is 0.667. The number of rotatable bonds is 3. The first-order valence-corrected chi connectivity index (χ1v) is 7.01. The van der Waals surface area contributed by atoms with Crippen molar-refractivity contribution in [3.05, 3.63) is 17.1 Å². The summed E-state index contributed by atoms with van der Waals surface area (Å²) in [7, 11) is 0. The van der Waals surface area contributed by atoms with Gasteiger partial charge in [-0.2, -0.15) is 0 Å². The maximum atomic E-state index is 12.1. The van der Waals surface area contributed by atoms with Gasteiger partial charge in [0.25, 0.3) is 0 Å². The molecule has 0 radical (unpaired) electrons. The Morgan fingerprint density at radius 1 is 1.41 bits per heavy atom. The zero-order valence-electron chi connectivity index (χ0n) is 10.3. The molecule has 1 aromatic rings. The first-order chi connectivity index (χ1) is 8.29. The number of nitrogens with zero attached hydrogens (tertiary/aromatic N) is 3. The number of hydrogen-bond donors (Lipinski definition) is 0. The average Bonchev–Trinajstić information content (AvgIpc) is 2.71. The zero-order valence-corrected chi connectivity index (χ0v) is 11.1. The summed E-state index contributed by atoms with van der Waals surface area (Å²) in [6.07, 6.45) is 3.38. The maximum Gasteiger partial charge on any atom is 0.227 e. The molecule has 2 heterocycles. The van der Waals surface area contributed by atoms with Gasteiger partial charge in [0.05, 0.1) is 6.42 Å². The largest absolute Gasteiger partial charge is 0.341 e. The minimum Gasteiger partial charge on any atom is -0.341 e. The van der Waals surface area contributed by atoms with Crippen LogP contribution in [0.5, 0.6) is 0 Å². The number of carbonyl (C=O) groups is 1. The summed E-state index contributed by atoms with van der Waals surface area (Å²) in [6.45, 7) is 7.13. The lowest BCUT2D eigenvalue weighted by Gasteiger charge is -2.21. The lowest BCUT2D eigenvalue weighted by molar-refractivity contribution is -0.130. The molecule has 0 spiro atoms. The van der Waals surface area contributed by atoms with Crippen LogP contribution in [-0.2, 0) is 11.2 Å². The van der Waals surface area contributed by atoms with Crippen molar-refractivity contribution in [3.8, 4) is 0 Å². The molecule has 4 nitrogen and oxygen atoms in total. The fourth-order valence-corrected chi connectivity index (χ4v) is 2.67. The van der Waals surface area contributed by atoms with E-state index in [1.54, 1.807) is 6.20 Å². The molecule has 1 aliphatic rings. The minimum atomic E-state index is 0.239. The second-order valence-corrected chi connectivity index (χ2v) is 5.04. The van der Waals surface area contributed by atoms with Crippen LogP contribution in [-0.4, -0.2) is 52.8 Å². The third-order valence-corrected chi connectivity index (χ3v) is 3.86. The highest BCUT2D eigenvalue weighted by molar-refractivity contribution is 7.03. The molecule has 1 saturated heterocycles. The van der Waals surface area contributed by atoms with Gasteiger partial charge in [-0.15, -0.1) is 0 Å². The molecular formula is C12H19N3OS. The van der Waals surface area contributed by atoms with Crippen LogP contribution in [0.3, 0.4) is 0 Å². The molecule has 0 atom stereocenters. The van der Waals surface area contributed by atoms with Crippen molar-refractivity contribution in [2.24, 2.45) is 0 Å². The summed E-state index contributed by atoms with van der Waals surface area (Å²) in [5.74, 6) is 0.239. The van der Waals surface area contributed by atoms with E-state index >= 15 is 0 Å². The van der Waals surface area contributed by atoms with Gasteiger partial charge in [0.1, 0.15) is 0 Å². The zero-order chi connectivity index (χ0) is 12.1. The molecule has 0 aliphatic carbocycles. The van der Waals surface area contributed by atoms with E-state index in [4.69, 9.17) is 0 Å². The van der Waals surface area contributed by atoms with Gasteiger partial charge in [-0.3, -0.25) is 4.79 Å². The lowest BCUT2D eigenvalue weighted by atomic mass is 10.2. The number of hydrogen-bond acceptors (Lipinski definition) is 4. The standard InChI is InChI=1S/C12H19N3OS/c1-2-14-4-3-5-15(7-6-14)12(16)8-11-9-13-17-10-11/h9-10H,2-8H2,1H3. The SMILES string of the molecule is CCN1CCCN(C(=O)Cc2cnsc2)CC1. The van der Waals surface area contributed by atoms with Crippen molar-refractivity contribution in [1.82, 2.24) is 14.2 Å². The average molecular weight is 253 g/mol. The maximum absolute atomic E-state index is 12.1. The van der Waals surface area contributed by atoms with Gasteiger partial charge in [0.15, 0.2) is 0 Å². The number of carbonyl (C=O) groups excluding carboxylic acids is 1. The van der Waals surface area contributed by atoms with E-state index in [2.05, 4.69) is 16.2 Å². The number of amides is 1. The molecule has 1 fully saturated rings. The van der Waals surface area contributed by atoms with Crippen LogP contribution < -0.4 is 0 Å². The third-order valence-electron chi connectivity index (χ3n) is 3.23. The predicted molar refractivity (Wildman–Crippen MR) is 69.1 cm³/mol. The van der Waals surface area contributed by atoms with Gasteiger partial charge in [-0.25, -0.2) is 4.37 Å². The van der Waals surface area contributed by atoms with Crippen molar-refractivity contribution in [2.45, 2.75) is 19.8 Å². The van der Waals surface area contributed by atoms with Gasteiger partial charge < -0.3 is 9.80 Å². The highest BCUT2D eigenvalue weighted by Crippen LogP contribution is 2.08. The van der Waals surface area contributed by atoms with Gasteiger partial charge in [-0.05, 0) is 36.6 Å². The third kappa shape index (κ3) is 3.51. The first kappa shape index (κ1) is 12.5. The van der Waals surface area contributed by atoms with E-state index in [9.17, 15) is 4.79 Å². The second kappa shape index (κ2) is 6.12. The van der Waals surface area contributed by atoms with Crippen LogP contribution in [0, 0.1) is 0 Å². The molecule has 0 unspecified atom stereocenters. The Bertz CT molecular complexity index is 353. The van der Waals surface area contributed by atoms with Crippen LogP contribution in [0.4, 0.5) is 0 Å². The molecular weight excluding hydrogens is 234 g/mol. The van der Waals surface area contributed by atoms with E-state index < -0.39 is 0 Å². The molecule has 0 saturated carbocycles. The van der Waals surface area contributed by atoms with Gasteiger partial charge in [0.2, 0.25) is 5.91 Å². The van der Waals surface area contributed by atoms with Crippen LogP contribution in [0.15, 0.2) is 11.6 Å². The Labute approximate surface area is 106 Å². The highest BCUT2D eigenvalue weighted by Gasteiger charge is 2.18. The molecule has 1 amide bonds. The summed E-state index contributed by atoms with van der Waals surface area (Å²) in [5, 5.41) is 1.95. The molecule has 1 aliphatic heterocycles. The van der Waals surface area contributed by atoms with E-state index in [-0.39, 0.29) is 5.91 Å². The summed E-state index contributed by atoms with van der Waals surface area (Å²) >= 11 is 1.41. The number of likely N-dealkylation sites (N-methyl/N-ethyl adjacent to an activating group) is 1. The second-order valence-electron chi connectivity index (χ2n) is 4.38. The minimum absolute atomic E-state index is 0.239. The van der Waals surface area contributed by atoms with E-state index in [0.717, 1.165) is 44.7 Å². The Kier molecular flexibility index (Phi) is 4.50. The number of aromatic nitrogens is 1. The normalized spacial score (nSPS) is 18.1. The van der Waals surface area contributed by atoms with Crippen molar-refractivity contribution >= 4 is 17.4 Å². The van der Waals surface area contributed by atoms with Gasteiger partial charge in [0, 0.05) is 31.2 Å². The van der Waals surface area contributed by atoms with Crippen LogP contribution >= 0.6 is 11.5 Å². The molecule has 2 rings (SSSR count). The summed E-state index contributed by atoms with van der Waals surface area (Å²) in [5.41, 5.74) is 1.04. The topological polar surface area (TPSA) is 36.4 Å². The smallest absolute Gasteiger partial charge is 0.227 e. The van der Waals surface area contributed by atoms with Gasteiger partial charge in [-0.1, -0.05) is 6.92 Å². The Balaban J connectivity index is 1.87.